The third-order valence-electron chi connectivity index (χ3n) is 2.70. The average Bonchev–Trinajstić information content (AvgIpc) is 2.14. The van der Waals surface area contributed by atoms with E-state index in [1.54, 1.807) is 0 Å². The zero-order valence-electron chi connectivity index (χ0n) is 10.3. The Bertz CT molecular complexity index is 336. The lowest BCUT2D eigenvalue weighted by molar-refractivity contribution is -0.179. The topological polar surface area (TPSA) is 132 Å². The summed E-state index contributed by atoms with van der Waals surface area (Å²) in [4.78, 5) is 32.6. The van der Waals surface area contributed by atoms with Gasteiger partial charge in [0.1, 0.15) is 0 Å². The fourth-order valence-corrected chi connectivity index (χ4v) is 1.64. The standard InChI is InChI=1S/C11H18O7/c1-6(2)3-4-7(9(14)15)11(18,10(16)17)5-8(12)13/h6-7,18H,3-5H2,1-2H3,(H,12,13)(H,14,15)(H,16,17). The molecule has 104 valence electrons. The molecule has 0 aromatic rings. The fraction of sp³-hybridized carbons (Fsp3) is 0.727. The first-order valence-corrected chi connectivity index (χ1v) is 5.51. The summed E-state index contributed by atoms with van der Waals surface area (Å²) in [6.07, 6.45) is -0.855. The van der Waals surface area contributed by atoms with Gasteiger partial charge in [0.15, 0.2) is 5.60 Å². The Balaban J connectivity index is 5.16. The van der Waals surface area contributed by atoms with Gasteiger partial charge >= 0.3 is 17.9 Å². The molecular weight excluding hydrogens is 244 g/mol. The van der Waals surface area contributed by atoms with Crippen LogP contribution >= 0.6 is 0 Å². The van der Waals surface area contributed by atoms with E-state index in [4.69, 9.17) is 15.3 Å². The third-order valence-corrected chi connectivity index (χ3v) is 2.70. The van der Waals surface area contributed by atoms with Crippen LogP contribution in [0.3, 0.4) is 0 Å². The fourth-order valence-electron chi connectivity index (χ4n) is 1.64. The number of rotatable bonds is 8. The maximum absolute atomic E-state index is 11.0. The Hall–Kier alpha value is -1.63. The minimum atomic E-state index is -2.79. The van der Waals surface area contributed by atoms with E-state index in [1.165, 1.54) is 0 Å². The molecule has 0 saturated carbocycles. The van der Waals surface area contributed by atoms with Gasteiger partial charge < -0.3 is 20.4 Å². The summed E-state index contributed by atoms with van der Waals surface area (Å²) in [6.45, 7) is 3.63. The maximum atomic E-state index is 11.0. The summed E-state index contributed by atoms with van der Waals surface area (Å²) < 4.78 is 0. The van der Waals surface area contributed by atoms with E-state index in [0.717, 1.165) is 0 Å². The van der Waals surface area contributed by atoms with E-state index >= 15 is 0 Å². The van der Waals surface area contributed by atoms with E-state index < -0.39 is 35.8 Å². The van der Waals surface area contributed by atoms with Crippen LogP contribution in [-0.2, 0) is 14.4 Å². The van der Waals surface area contributed by atoms with Crippen molar-refractivity contribution >= 4 is 17.9 Å². The summed E-state index contributed by atoms with van der Waals surface area (Å²) in [7, 11) is 0. The zero-order valence-corrected chi connectivity index (χ0v) is 10.3. The quantitative estimate of drug-likeness (QED) is 0.498. The summed E-state index contributed by atoms with van der Waals surface area (Å²) >= 11 is 0. The molecule has 2 unspecified atom stereocenters. The second kappa shape index (κ2) is 6.34. The van der Waals surface area contributed by atoms with Crippen molar-refractivity contribution in [2.24, 2.45) is 11.8 Å². The summed E-state index contributed by atoms with van der Waals surface area (Å²) in [5.74, 6) is -6.43. The van der Waals surface area contributed by atoms with E-state index in [-0.39, 0.29) is 12.3 Å². The lowest BCUT2D eigenvalue weighted by atomic mass is 9.80. The van der Waals surface area contributed by atoms with Crippen LogP contribution in [0.15, 0.2) is 0 Å². The van der Waals surface area contributed by atoms with E-state index in [1.807, 2.05) is 13.8 Å². The molecule has 0 spiro atoms. The highest BCUT2D eigenvalue weighted by molar-refractivity contribution is 5.89. The number of aliphatic carboxylic acids is 3. The van der Waals surface area contributed by atoms with Crippen molar-refractivity contribution in [3.05, 3.63) is 0 Å². The molecule has 18 heavy (non-hydrogen) atoms. The average molecular weight is 262 g/mol. The molecule has 0 bridgehead atoms. The Morgan fingerprint density at radius 1 is 1.06 bits per heavy atom. The van der Waals surface area contributed by atoms with Crippen LogP contribution in [0.1, 0.15) is 33.1 Å². The van der Waals surface area contributed by atoms with Crippen molar-refractivity contribution < 1.29 is 34.8 Å². The lowest BCUT2D eigenvalue weighted by Gasteiger charge is -2.28. The second-order valence-corrected chi connectivity index (χ2v) is 4.66. The first kappa shape index (κ1) is 16.4. The predicted molar refractivity (Wildman–Crippen MR) is 60.0 cm³/mol. The highest BCUT2D eigenvalue weighted by atomic mass is 16.4. The maximum Gasteiger partial charge on any atom is 0.337 e. The molecule has 0 aliphatic rings. The van der Waals surface area contributed by atoms with Crippen LogP contribution in [0.2, 0.25) is 0 Å². The van der Waals surface area contributed by atoms with Gasteiger partial charge in [0, 0.05) is 0 Å². The van der Waals surface area contributed by atoms with Crippen LogP contribution in [0.5, 0.6) is 0 Å². The number of hydrogen-bond donors (Lipinski definition) is 4. The Morgan fingerprint density at radius 2 is 1.56 bits per heavy atom. The molecule has 0 aliphatic carbocycles. The van der Waals surface area contributed by atoms with E-state index in [2.05, 4.69) is 0 Å². The van der Waals surface area contributed by atoms with Crippen molar-refractivity contribution in [3.8, 4) is 0 Å². The number of carboxylic acid groups (broad SMARTS) is 3. The first-order valence-electron chi connectivity index (χ1n) is 5.51. The Kier molecular flexibility index (Phi) is 5.77. The van der Waals surface area contributed by atoms with Gasteiger partial charge in [-0.2, -0.15) is 0 Å². The van der Waals surface area contributed by atoms with Crippen molar-refractivity contribution in [1.82, 2.24) is 0 Å². The van der Waals surface area contributed by atoms with Gasteiger partial charge in [0.2, 0.25) is 0 Å². The molecule has 0 heterocycles. The van der Waals surface area contributed by atoms with Gasteiger partial charge in [-0.25, -0.2) is 4.79 Å². The Morgan fingerprint density at radius 3 is 1.83 bits per heavy atom. The van der Waals surface area contributed by atoms with Crippen molar-refractivity contribution in [2.45, 2.75) is 38.7 Å². The highest BCUT2D eigenvalue weighted by Crippen LogP contribution is 2.28. The predicted octanol–water partition coefficient (Wildman–Crippen LogP) is 0.414. The second-order valence-electron chi connectivity index (χ2n) is 4.66. The molecule has 0 fully saturated rings. The van der Waals surface area contributed by atoms with Gasteiger partial charge in [-0.05, 0) is 12.3 Å². The number of hydrogen-bond acceptors (Lipinski definition) is 4. The summed E-state index contributed by atoms with van der Waals surface area (Å²) in [6, 6.07) is 0. The molecule has 0 rings (SSSR count). The van der Waals surface area contributed by atoms with E-state index in [9.17, 15) is 19.5 Å². The minimum absolute atomic E-state index is 0.0942. The first-order chi connectivity index (χ1) is 8.11. The van der Waals surface area contributed by atoms with Crippen LogP contribution < -0.4 is 0 Å². The molecule has 0 amide bonds. The number of carbonyl (C=O) groups is 3. The molecule has 0 aromatic heterocycles. The van der Waals surface area contributed by atoms with Gasteiger partial charge in [-0.3, -0.25) is 9.59 Å². The van der Waals surface area contributed by atoms with Gasteiger partial charge in [0.05, 0.1) is 12.3 Å². The highest BCUT2D eigenvalue weighted by Gasteiger charge is 2.49. The minimum Gasteiger partial charge on any atom is -0.481 e. The lowest BCUT2D eigenvalue weighted by Crippen LogP contribution is -2.50. The molecule has 2 atom stereocenters. The van der Waals surface area contributed by atoms with Gasteiger partial charge in [0.25, 0.3) is 0 Å². The molecule has 4 N–H and O–H groups in total. The normalized spacial score (nSPS) is 16.0. The van der Waals surface area contributed by atoms with Gasteiger partial charge in [-0.1, -0.05) is 20.3 Å². The van der Waals surface area contributed by atoms with Gasteiger partial charge in [-0.15, -0.1) is 0 Å². The number of aliphatic hydroxyl groups is 1. The molecule has 0 aliphatic heterocycles. The third kappa shape index (κ3) is 4.33. The van der Waals surface area contributed by atoms with Crippen LogP contribution in [0, 0.1) is 11.8 Å². The summed E-state index contributed by atoms with van der Waals surface area (Å²) in [5.41, 5.74) is -2.79. The van der Waals surface area contributed by atoms with Crippen LogP contribution in [0.25, 0.3) is 0 Å². The zero-order chi connectivity index (χ0) is 14.5. The molecule has 7 heteroatoms. The molecular formula is C11H18O7. The van der Waals surface area contributed by atoms with Crippen molar-refractivity contribution in [1.29, 1.82) is 0 Å². The van der Waals surface area contributed by atoms with Crippen molar-refractivity contribution in [2.75, 3.05) is 0 Å². The SMILES string of the molecule is CC(C)CCC(C(=O)O)C(O)(CC(=O)O)C(=O)O. The van der Waals surface area contributed by atoms with Crippen molar-refractivity contribution in [3.63, 3.8) is 0 Å². The monoisotopic (exact) mass is 262 g/mol. The molecule has 7 nitrogen and oxygen atoms in total. The molecule has 0 saturated heterocycles. The number of carboxylic acids is 3. The van der Waals surface area contributed by atoms with Crippen LogP contribution in [-0.4, -0.2) is 43.9 Å². The summed E-state index contributed by atoms with van der Waals surface area (Å²) in [5, 5.41) is 36.3. The molecule has 0 aromatic carbocycles. The smallest absolute Gasteiger partial charge is 0.337 e. The largest absolute Gasteiger partial charge is 0.481 e. The molecule has 0 radical (unpaired) electrons. The van der Waals surface area contributed by atoms with Crippen LogP contribution in [0.4, 0.5) is 0 Å². The van der Waals surface area contributed by atoms with E-state index in [0.29, 0.717) is 6.42 Å². The Labute approximate surface area is 104 Å².